The maximum Gasteiger partial charge on any atom is 0.124 e. The van der Waals surface area contributed by atoms with Crippen LogP contribution in [0.3, 0.4) is 0 Å². The Morgan fingerprint density at radius 1 is 1.06 bits per heavy atom. The molecular weight excluding hydrogens is 406 g/mol. The molecule has 0 aromatic heterocycles. The van der Waals surface area contributed by atoms with E-state index < -0.39 is 0 Å². The van der Waals surface area contributed by atoms with E-state index in [0.29, 0.717) is 14.5 Å². The summed E-state index contributed by atoms with van der Waals surface area (Å²) in [7, 11) is 0. The first-order chi connectivity index (χ1) is 8.47. The quantitative estimate of drug-likeness (QED) is 0.502. The van der Waals surface area contributed by atoms with E-state index in [-0.39, 0.29) is 10.6 Å². The van der Waals surface area contributed by atoms with Gasteiger partial charge in [-0.2, -0.15) is 0 Å². The molecule has 2 rings (SSSR count). The molecule has 0 heterocycles. The van der Waals surface area contributed by atoms with Crippen molar-refractivity contribution < 1.29 is 4.39 Å². The molecule has 0 saturated heterocycles. The summed E-state index contributed by atoms with van der Waals surface area (Å²) in [6, 6.07) is 9.91. The second-order valence-electron chi connectivity index (χ2n) is 3.73. The van der Waals surface area contributed by atoms with Crippen molar-refractivity contribution in [3.05, 3.63) is 67.9 Å². The second kappa shape index (κ2) is 5.91. The molecule has 2 aromatic carbocycles. The zero-order chi connectivity index (χ0) is 13.3. The highest BCUT2D eigenvalue weighted by atomic mass is 79.9. The number of hydrogen-bond donors (Lipinski definition) is 0. The molecule has 0 amide bonds. The molecule has 94 valence electrons. The van der Waals surface area contributed by atoms with E-state index >= 15 is 0 Å². The van der Waals surface area contributed by atoms with Crippen LogP contribution < -0.4 is 0 Å². The van der Waals surface area contributed by atoms with Gasteiger partial charge >= 0.3 is 0 Å². The molecule has 0 N–H and O–H groups in total. The molecule has 0 spiro atoms. The van der Waals surface area contributed by atoms with Crippen LogP contribution in [0.5, 0.6) is 0 Å². The molecule has 0 bridgehead atoms. The minimum Gasteiger partial charge on any atom is -0.207 e. The minimum absolute atomic E-state index is 0.212. The molecule has 0 aliphatic rings. The molecule has 0 saturated carbocycles. The van der Waals surface area contributed by atoms with Crippen molar-refractivity contribution in [3.8, 4) is 0 Å². The molecule has 1 unspecified atom stereocenters. The van der Waals surface area contributed by atoms with Crippen LogP contribution in [0.1, 0.15) is 16.0 Å². The largest absolute Gasteiger partial charge is 0.207 e. The summed E-state index contributed by atoms with van der Waals surface area (Å²) < 4.78 is 14.1. The van der Waals surface area contributed by atoms with E-state index in [0.717, 1.165) is 11.1 Å². The predicted molar refractivity (Wildman–Crippen MR) is 81.3 cm³/mol. The molecule has 0 nitrogen and oxygen atoms in total. The first kappa shape index (κ1) is 14.3. The number of rotatable bonds is 2. The van der Waals surface area contributed by atoms with Crippen molar-refractivity contribution in [2.45, 2.75) is 4.83 Å². The van der Waals surface area contributed by atoms with E-state index in [4.69, 9.17) is 23.2 Å². The predicted octanol–water partition coefficient (Wildman–Crippen LogP) is 6.38. The second-order valence-corrected chi connectivity index (χ2v) is 6.41. The molecule has 0 fully saturated rings. The molecule has 18 heavy (non-hydrogen) atoms. The van der Waals surface area contributed by atoms with Crippen molar-refractivity contribution in [3.63, 3.8) is 0 Å². The lowest BCUT2D eigenvalue weighted by Crippen LogP contribution is -1.95. The summed E-state index contributed by atoms with van der Waals surface area (Å²) in [5.74, 6) is -0.304. The van der Waals surface area contributed by atoms with Crippen LogP contribution >= 0.6 is 55.1 Å². The number of alkyl halides is 1. The zero-order valence-corrected chi connectivity index (χ0v) is 13.6. The Bertz CT molecular complexity index is 567. The molecular formula is C13H7Br2Cl2F. The molecule has 0 aliphatic carbocycles. The van der Waals surface area contributed by atoms with Crippen LogP contribution in [0.25, 0.3) is 0 Å². The van der Waals surface area contributed by atoms with E-state index in [1.165, 1.54) is 12.1 Å². The monoisotopic (exact) mass is 410 g/mol. The van der Waals surface area contributed by atoms with Crippen LogP contribution in [0.4, 0.5) is 4.39 Å². The number of hydrogen-bond acceptors (Lipinski definition) is 0. The first-order valence-corrected chi connectivity index (χ1v) is 7.49. The van der Waals surface area contributed by atoms with Gasteiger partial charge < -0.3 is 0 Å². The maximum atomic E-state index is 13.4. The third-order valence-electron chi connectivity index (χ3n) is 2.41. The highest BCUT2D eigenvalue weighted by molar-refractivity contribution is 9.10. The van der Waals surface area contributed by atoms with Crippen LogP contribution in [0.15, 0.2) is 40.9 Å². The van der Waals surface area contributed by atoms with Crippen LogP contribution in [0.2, 0.25) is 10.0 Å². The smallest absolute Gasteiger partial charge is 0.124 e. The Hall–Kier alpha value is -0.0900. The summed E-state index contributed by atoms with van der Waals surface area (Å²) in [5, 5.41) is 1.18. The number of halogens is 5. The third kappa shape index (κ3) is 3.27. The molecule has 1 atom stereocenters. The van der Waals surface area contributed by atoms with Crippen molar-refractivity contribution >= 4 is 55.1 Å². The lowest BCUT2D eigenvalue weighted by atomic mass is 10.0. The average molecular weight is 413 g/mol. The standard InChI is InChI=1S/C13H7Br2Cl2F/c14-8-3-7(4-10(18)5-8)13(15)11-6-9(16)1-2-12(11)17/h1-6,13H. The minimum atomic E-state index is -0.304. The van der Waals surface area contributed by atoms with Gasteiger partial charge in [0.1, 0.15) is 5.82 Å². The van der Waals surface area contributed by atoms with Crippen molar-refractivity contribution in [1.29, 1.82) is 0 Å². The van der Waals surface area contributed by atoms with Gasteiger partial charge in [-0.25, -0.2) is 4.39 Å². The summed E-state index contributed by atoms with van der Waals surface area (Å²) in [6.45, 7) is 0. The molecule has 0 radical (unpaired) electrons. The zero-order valence-electron chi connectivity index (χ0n) is 8.93. The Morgan fingerprint density at radius 3 is 2.44 bits per heavy atom. The summed E-state index contributed by atoms with van der Waals surface area (Å²) in [5.41, 5.74) is 1.58. The van der Waals surface area contributed by atoms with E-state index in [1.807, 2.05) is 6.07 Å². The number of benzene rings is 2. The average Bonchev–Trinajstić information content (AvgIpc) is 2.30. The van der Waals surface area contributed by atoms with Crippen molar-refractivity contribution in [2.75, 3.05) is 0 Å². The highest BCUT2D eigenvalue weighted by Crippen LogP contribution is 2.37. The van der Waals surface area contributed by atoms with Gasteiger partial charge in [-0.15, -0.1) is 0 Å². The molecule has 5 heteroatoms. The van der Waals surface area contributed by atoms with E-state index in [2.05, 4.69) is 31.9 Å². The Kier molecular flexibility index (Phi) is 4.70. The Labute approximate surface area is 131 Å². The SMILES string of the molecule is Fc1cc(Br)cc(C(Br)c2cc(Cl)ccc2Cl)c1. The van der Waals surface area contributed by atoms with Gasteiger partial charge in [-0.3, -0.25) is 0 Å². The van der Waals surface area contributed by atoms with Crippen molar-refractivity contribution in [2.24, 2.45) is 0 Å². The molecule has 2 aromatic rings. The van der Waals surface area contributed by atoms with E-state index in [9.17, 15) is 4.39 Å². The van der Waals surface area contributed by atoms with Crippen molar-refractivity contribution in [1.82, 2.24) is 0 Å². The fourth-order valence-electron chi connectivity index (χ4n) is 1.61. The lowest BCUT2D eigenvalue weighted by molar-refractivity contribution is 0.625. The van der Waals surface area contributed by atoms with Crippen LogP contribution in [0, 0.1) is 5.82 Å². The summed E-state index contributed by atoms with van der Waals surface area (Å²) in [4.78, 5) is -0.212. The summed E-state index contributed by atoms with van der Waals surface area (Å²) >= 11 is 18.9. The lowest BCUT2D eigenvalue weighted by Gasteiger charge is -2.13. The van der Waals surface area contributed by atoms with E-state index in [1.54, 1.807) is 18.2 Å². The fraction of sp³-hybridized carbons (Fsp3) is 0.0769. The third-order valence-corrected chi connectivity index (χ3v) is 4.47. The van der Waals surface area contributed by atoms with Gasteiger partial charge in [-0.05, 0) is 47.5 Å². The molecule has 0 aliphatic heterocycles. The van der Waals surface area contributed by atoms with Crippen LogP contribution in [-0.2, 0) is 0 Å². The fourth-order valence-corrected chi connectivity index (χ4v) is 3.28. The van der Waals surface area contributed by atoms with Gasteiger partial charge in [0.2, 0.25) is 0 Å². The maximum absolute atomic E-state index is 13.4. The topological polar surface area (TPSA) is 0 Å². The van der Waals surface area contributed by atoms with Gasteiger partial charge in [0.15, 0.2) is 0 Å². The summed E-state index contributed by atoms with van der Waals surface area (Å²) in [6.07, 6.45) is 0. The Morgan fingerprint density at radius 2 is 1.78 bits per heavy atom. The first-order valence-electron chi connectivity index (χ1n) is 5.02. The van der Waals surface area contributed by atoms with Gasteiger partial charge in [0, 0.05) is 14.5 Å². The van der Waals surface area contributed by atoms with Gasteiger partial charge in [0.25, 0.3) is 0 Å². The Balaban J connectivity index is 2.47. The normalized spacial score (nSPS) is 12.5. The van der Waals surface area contributed by atoms with Crippen LogP contribution in [-0.4, -0.2) is 0 Å². The van der Waals surface area contributed by atoms with Gasteiger partial charge in [0.05, 0.1) is 4.83 Å². The van der Waals surface area contributed by atoms with Gasteiger partial charge in [-0.1, -0.05) is 55.1 Å². The highest BCUT2D eigenvalue weighted by Gasteiger charge is 2.15.